The number of rotatable bonds is 3. The van der Waals surface area contributed by atoms with Crippen LogP contribution in [0.3, 0.4) is 0 Å². The van der Waals surface area contributed by atoms with Gasteiger partial charge in [-0.25, -0.2) is 0 Å². The molecule has 1 fully saturated rings. The van der Waals surface area contributed by atoms with E-state index in [9.17, 15) is 4.79 Å². The molecular weight excluding hydrogens is 320 g/mol. The summed E-state index contributed by atoms with van der Waals surface area (Å²) in [5.74, 6) is 0.669. The summed E-state index contributed by atoms with van der Waals surface area (Å²) < 4.78 is 0. The van der Waals surface area contributed by atoms with E-state index in [1.54, 1.807) is 0 Å². The summed E-state index contributed by atoms with van der Waals surface area (Å²) >= 11 is 6.46. The molecule has 3 nitrogen and oxygen atoms in total. The van der Waals surface area contributed by atoms with Crippen molar-refractivity contribution in [3.05, 3.63) is 58.6 Å². The van der Waals surface area contributed by atoms with Gasteiger partial charge in [-0.3, -0.25) is 4.79 Å². The third-order valence-electron chi connectivity index (χ3n) is 4.61. The molecule has 0 spiro atoms. The number of nitrogens with zero attached hydrogens (tertiary/aromatic N) is 1. The largest absolute Gasteiger partial charge is 0.370 e. The highest BCUT2D eigenvalue weighted by atomic mass is 35.5. The molecule has 0 bridgehead atoms. The highest BCUT2D eigenvalue weighted by Crippen LogP contribution is 2.32. The summed E-state index contributed by atoms with van der Waals surface area (Å²) in [4.78, 5) is 14.7. The molecule has 126 valence electrons. The number of carbonyl (C=O) groups is 1. The predicted molar refractivity (Wildman–Crippen MR) is 101 cm³/mol. The van der Waals surface area contributed by atoms with E-state index in [-0.39, 0.29) is 5.91 Å². The van der Waals surface area contributed by atoms with Gasteiger partial charge in [0.25, 0.3) is 5.91 Å². The van der Waals surface area contributed by atoms with Gasteiger partial charge in [-0.15, -0.1) is 0 Å². The van der Waals surface area contributed by atoms with Crippen molar-refractivity contribution in [2.24, 2.45) is 5.92 Å². The molecule has 0 aromatic heterocycles. The van der Waals surface area contributed by atoms with Crippen molar-refractivity contribution in [3.63, 3.8) is 0 Å². The van der Waals surface area contributed by atoms with E-state index in [2.05, 4.69) is 17.1 Å². The molecule has 1 heterocycles. The molecule has 1 saturated heterocycles. The van der Waals surface area contributed by atoms with Gasteiger partial charge in [-0.05, 0) is 56.0 Å². The Morgan fingerprint density at radius 1 is 1.17 bits per heavy atom. The Morgan fingerprint density at radius 2 is 1.92 bits per heavy atom. The van der Waals surface area contributed by atoms with Gasteiger partial charge in [-0.1, -0.05) is 36.2 Å². The predicted octanol–water partition coefficient (Wildman–Crippen LogP) is 5.14. The Labute approximate surface area is 148 Å². The monoisotopic (exact) mass is 342 g/mol. The smallest absolute Gasteiger partial charge is 0.255 e. The minimum absolute atomic E-state index is 0.116. The van der Waals surface area contributed by atoms with Crippen LogP contribution in [0.2, 0.25) is 5.02 Å². The molecule has 1 aliphatic rings. The van der Waals surface area contributed by atoms with Gasteiger partial charge in [0, 0.05) is 24.3 Å². The van der Waals surface area contributed by atoms with E-state index >= 15 is 0 Å². The van der Waals surface area contributed by atoms with Gasteiger partial charge in [0.1, 0.15) is 0 Å². The maximum absolute atomic E-state index is 12.3. The quantitative estimate of drug-likeness (QED) is 0.837. The Balaban J connectivity index is 1.71. The van der Waals surface area contributed by atoms with Crippen LogP contribution in [0, 0.1) is 12.8 Å². The van der Waals surface area contributed by atoms with Crippen molar-refractivity contribution in [1.82, 2.24) is 0 Å². The third kappa shape index (κ3) is 3.90. The lowest BCUT2D eigenvalue weighted by Gasteiger charge is -2.32. The number of halogens is 1. The molecule has 0 atom stereocenters. The number of piperidine rings is 1. The fourth-order valence-corrected chi connectivity index (χ4v) is 3.38. The van der Waals surface area contributed by atoms with Crippen LogP contribution in [0.4, 0.5) is 11.4 Å². The van der Waals surface area contributed by atoms with Crippen LogP contribution in [0.1, 0.15) is 35.7 Å². The molecule has 0 aliphatic carbocycles. The molecule has 0 radical (unpaired) electrons. The van der Waals surface area contributed by atoms with Gasteiger partial charge in [-0.2, -0.15) is 0 Å². The van der Waals surface area contributed by atoms with E-state index in [4.69, 9.17) is 11.6 Å². The van der Waals surface area contributed by atoms with Crippen molar-refractivity contribution in [1.29, 1.82) is 0 Å². The maximum Gasteiger partial charge on any atom is 0.255 e. The topological polar surface area (TPSA) is 32.3 Å². The number of nitrogens with one attached hydrogen (secondary N) is 1. The first-order chi connectivity index (χ1) is 11.5. The molecule has 3 rings (SSSR count). The molecule has 4 heteroatoms. The minimum Gasteiger partial charge on any atom is -0.370 e. The van der Waals surface area contributed by atoms with Crippen molar-refractivity contribution >= 4 is 28.9 Å². The van der Waals surface area contributed by atoms with Crippen LogP contribution < -0.4 is 10.2 Å². The molecule has 2 aromatic rings. The zero-order valence-electron chi connectivity index (χ0n) is 14.2. The summed E-state index contributed by atoms with van der Waals surface area (Å²) in [5.41, 5.74) is 3.49. The molecular formula is C20H23ClN2O. The van der Waals surface area contributed by atoms with E-state index in [0.29, 0.717) is 10.6 Å². The Morgan fingerprint density at radius 3 is 2.58 bits per heavy atom. The second-order valence-corrected chi connectivity index (χ2v) is 7.07. The maximum atomic E-state index is 12.3. The summed E-state index contributed by atoms with van der Waals surface area (Å²) in [6, 6.07) is 13.3. The van der Waals surface area contributed by atoms with Crippen molar-refractivity contribution < 1.29 is 4.79 Å². The Bertz CT molecular complexity index is 736. The zero-order chi connectivity index (χ0) is 17.1. The summed E-state index contributed by atoms with van der Waals surface area (Å²) in [6.45, 7) is 6.34. The lowest BCUT2D eigenvalue weighted by Crippen LogP contribution is -2.32. The summed E-state index contributed by atoms with van der Waals surface area (Å²) in [5, 5.41) is 3.61. The van der Waals surface area contributed by atoms with E-state index in [0.717, 1.165) is 35.9 Å². The molecule has 0 unspecified atom stereocenters. The van der Waals surface area contributed by atoms with Crippen LogP contribution in [0.5, 0.6) is 0 Å². The van der Waals surface area contributed by atoms with Crippen molar-refractivity contribution in [2.75, 3.05) is 23.3 Å². The van der Waals surface area contributed by atoms with Gasteiger partial charge >= 0.3 is 0 Å². The average molecular weight is 343 g/mol. The van der Waals surface area contributed by atoms with Crippen molar-refractivity contribution in [3.8, 4) is 0 Å². The second kappa shape index (κ2) is 7.27. The average Bonchev–Trinajstić information content (AvgIpc) is 2.56. The number of hydrogen-bond acceptors (Lipinski definition) is 2. The molecule has 2 aromatic carbocycles. The van der Waals surface area contributed by atoms with Gasteiger partial charge in [0.2, 0.25) is 0 Å². The van der Waals surface area contributed by atoms with Gasteiger partial charge in [0.15, 0.2) is 0 Å². The van der Waals surface area contributed by atoms with Crippen LogP contribution in [0.15, 0.2) is 42.5 Å². The highest BCUT2D eigenvalue weighted by molar-refractivity contribution is 6.33. The normalized spacial score (nSPS) is 15.4. The zero-order valence-corrected chi connectivity index (χ0v) is 14.9. The number of aryl methyl sites for hydroxylation is 1. The van der Waals surface area contributed by atoms with Crippen LogP contribution >= 0.6 is 11.6 Å². The standard InChI is InChI=1S/C20H23ClN2O/c1-14-8-10-23(11-9-14)19-7-6-17(13-18(19)21)22-20(24)16-5-3-4-15(2)12-16/h3-7,12-14H,8-11H2,1-2H3,(H,22,24). The van der Waals surface area contributed by atoms with E-state index in [1.807, 2.05) is 49.4 Å². The fourth-order valence-electron chi connectivity index (χ4n) is 3.08. The number of carbonyl (C=O) groups excluding carboxylic acids is 1. The first kappa shape index (κ1) is 16.8. The lowest BCUT2D eigenvalue weighted by atomic mass is 9.99. The van der Waals surface area contributed by atoms with Gasteiger partial charge < -0.3 is 10.2 Å². The third-order valence-corrected chi connectivity index (χ3v) is 4.91. The van der Waals surface area contributed by atoms with Crippen LogP contribution in [-0.2, 0) is 0 Å². The molecule has 0 saturated carbocycles. The van der Waals surface area contributed by atoms with Crippen LogP contribution in [-0.4, -0.2) is 19.0 Å². The lowest BCUT2D eigenvalue weighted by molar-refractivity contribution is 0.102. The van der Waals surface area contributed by atoms with E-state index in [1.165, 1.54) is 12.8 Å². The molecule has 1 amide bonds. The summed E-state index contributed by atoms with van der Waals surface area (Å²) in [6.07, 6.45) is 2.39. The van der Waals surface area contributed by atoms with Crippen molar-refractivity contribution in [2.45, 2.75) is 26.7 Å². The SMILES string of the molecule is Cc1cccc(C(=O)Nc2ccc(N3CCC(C)CC3)c(Cl)c2)c1. The first-order valence-electron chi connectivity index (χ1n) is 8.45. The molecule has 1 aliphatic heterocycles. The molecule has 1 N–H and O–H groups in total. The summed E-state index contributed by atoms with van der Waals surface area (Å²) in [7, 11) is 0. The number of benzene rings is 2. The Kier molecular flexibility index (Phi) is 5.10. The molecule has 24 heavy (non-hydrogen) atoms. The minimum atomic E-state index is -0.116. The number of anilines is 2. The number of amides is 1. The Hall–Kier alpha value is -2.00. The van der Waals surface area contributed by atoms with E-state index < -0.39 is 0 Å². The fraction of sp³-hybridized carbons (Fsp3) is 0.350. The highest BCUT2D eigenvalue weighted by Gasteiger charge is 2.18. The number of hydrogen-bond donors (Lipinski definition) is 1. The first-order valence-corrected chi connectivity index (χ1v) is 8.83. The van der Waals surface area contributed by atoms with Crippen LogP contribution in [0.25, 0.3) is 0 Å². The second-order valence-electron chi connectivity index (χ2n) is 6.66. The van der Waals surface area contributed by atoms with Gasteiger partial charge in [0.05, 0.1) is 10.7 Å².